The Kier molecular flexibility index (Phi) is 4.06. The second-order valence-electron chi connectivity index (χ2n) is 5.52. The third-order valence-corrected chi connectivity index (χ3v) is 3.55. The number of carboxylic acids is 1. The molecule has 6 heteroatoms. The molecule has 0 fully saturated rings. The highest BCUT2D eigenvalue weighted by Crippen LogP contribution is 2.35. The van der Waals surface area contributed by atoms with Gasteiger partial charge in [-0.2, -0.15) is 0 Å². The van der Waals surface area contributed by atoms with Crippen LogP contribution in [0, 0.1) is 0 Å². The zero-order chi connectivity index (χ0) is 15.6. The molecule has 1 aliphatic rings. The average molecular weight is 293 g/mol. The number of fused-ring (bicyclic) bond motifs is 1. The number of carbonyl (C=O) groups is 2. The van der Waals surface area contributed by atoms with E-state index in [4.69, 9.17) is 14.6 Å². The van der Waals surface area contributed by atoms with Crippen LogP contribution in [0.4, 0.5) is 0 Å². The number of hydrogen-bond acceptors (Lipinski definition) is 4. The van der Waals surface area contributed by atoms with Crippen LogP contribution in [0.3, 0.4) is 0 Å². The molecule has 0 aliphatic carbocycles. The van der Waals surface area contributed by atoms with Gasteiger partial charge in [0.1, 0.15) is 19.3 Å². The first-order valence-corrected chi connectivity index (χ1v) is 6.76. The quantitative estimate of drug-likeness (QED) is 0.874. The Morgan fingerprint density at radius 1 is 1.24 bits per heavy atom. The van der Waals surface area contributed by atoms with E-state index in [2.05, 4.69) is 5.32 Å². The summed E-state index contributed by atoms with van der Waals surface area (Å²) in [5.41, 5.74) is -0.138. The van der Waals surface area contributed by atoms with E-state index in [0.29, 0.717) is 24.7 Å². The molecule has 114 valence electrons. The van der Waals surface area contributed by atoms with Gasteiger partial charge in [0.05, 0.1) is 5.41 Å². The van der Waals surface area contributed by atoms with Crippen molar-refractivity contribution in [3.63, 3.8) is 0 Å². The highest BCUT2D eigenvalue weighted by molar-refractivity contribution is 5.90. The molecule has 0 radical (unpaired) electrons. The SMILES string of the molecule is CC(NC(=O)C(C)(C)c1ccc2c(c1)OCCO2)C(=O)O. The van der Waals surface area contributed by atoms with Gasteiger partial charge in [-0.1, -0.05) is 6.07 Å². The molecule has 1 heterocycles. The molecule has 0 spiro atoms. The number of aliphatic carboxylic acids is 1. The highest BCUT2D eigenvalue weighted by atomic mass is 16.6. The molecule has 1 unspecified atom stereocenters. The molecule has 2 rings (SSSR count). The Morgan fingerprint density at radius 3 is 2.48 bits per heavy atom. The second-order valence-corrected chi connectivity index (χ2v) is 5.52. The van der Waals surface area contributed by atoms with Crippen molar-refractivity contribution in [1.82, 2.24) is 5.32 Å². The Labute approximate surface area is 123 Å². The van der Waals surface area contributed by atoms with E-state index in [9.17, 15) is 9.59 Å². The van der Waals surface area contributed by atoms with Crippen molar-refractivity contribution in [3.05, 3.63) is 23.8 Å². The van der Waals surface area contributed by atoms with Crippen LogP contribution in [0.25, 0.3) is 0 Å². The maximum Gasteiger partial charge on any atom is 0.325 e. The van der Waals surface area contributed by atoms with Crippen molar-refractivity contribution in [2.75, 3.05) is 13.2 Å². The normalized spacial score (nSPS) is 15.2. The van der Waals surface area contributed by atoms with E-state index in [-0.39, 0.29) is 5.91 Å². The topological polar surface area (TPSA) is 84.9 Å². The number of carbonyl (C=O) groups excluding carboxylic acids is 1. The van der Waals surface area contributed by atoms with Crippen LogP contribution in [0.1, 0.15) is 26.3 Å². The predicted octanol–water partition coefficient (Wildman–Crippen LogP) is 1.32. The van der Waals surface area contributed by atoms with E-state index in [1.165, 1.54) is 6.92 Å². The van der Waals surface area contributed by atoms with Gasteiger partial charge in [0.25, 0.3) is 0 Å². The molecule has 0 aromatic heterocycles. The summed E-state index contributed by atoms with van der Waals surface area (Å²) in [6.45, 7) is 5.89. The molecule has 0 bridgehead atoms. The fraction of sp³-hybridized carbons (Fsp3) is 0.467. The van der Waals surface area contributed by atoms with Crippen LogP contribution in [0.2, 0.25) is 0 Å². The number of ether oxygens (including phenoxy) is 2. The van der Waals surface area contributed by atoms with Crippen LogP contribution < -0.4 is 14.8 Å². The monoisotopic (exact) mass is 293 g/mol. The van der Waals surface area contributed by atoms with Crippen LogP contribution in [0.5, 0.6) is 11.5 Å². The summed E-state index contributed by atoms with van der Waals surface area (Å²) in [7, 11) is 0. The third-order valence-electron chi connectivity index (χ3n) is 3.55. The summed E-state index contributed by atoms with van der Waals surface area (Å²) >= 11 is 0. The molecular formula is C15H19NO5. The fourth-order valence-corrected chi connectivity index (χ4v) is 2.00. The molecule has 6 nitrogen and oxygen atoms in total. The Balaban J connectivity index is 2.22. The molecule has 0 saturated carbocycles. The molecule has 1 aromatic rings. The van der Waals surface area contributed by atoms with E-state index < -0.39 is 17.4 Å². The molecule has 1 aromatic carbocycles. The summed E-state index contributed by atoms with van der Waals surface area (Å²) in [6.07, 6.45) is 0. The number of hydrogen-bond donors (Lipinski definition) is 2. The van der Waals surface area contributed by atoms with Crippen molar-refractivity contribution in [1.29, 1.82) is 0 Å². The maximum atomic E-state index is 12.3. The van der Waals surface area contributed by atoms with Crippen LogP contribution in [-0.2, 0) is 15.0 Å². The minimum atomic E-state index is -1.07. The zero-order valence-corrected chi connectivity index (χ0v) is 12.3. The summed E-state index contributed by atoms with van der Waals surface area (Å²) in [4.78, 5) is 23.1. The minimum Gasteiger partial charge on any atom is -0.486 e. The Morgan fingerprint density at radius 2 is 1.86 bits per heavy atom. The number of benzene rings is 1. The first-order chi connectivity index (χ1) is 9.82. The summed E-state index contributed by atoms with van der Waals surface area (Å²) in [6, 6.07) is 4.38. The standard InChI is InChI=1S/C15H19NO5/c1-9(13(17)18)16-14(19)15(2,3)10-4-5-11-12(8-10)21-7-6-20-11/h4-5,8-9H,6-7H2,1-3H3,(H,16,19)(H,17,18). The van der Waals surface area contributed by atoms with E-state index in [0.717, 1.165) is 5.56 Å². The van der Waals surface area contributed by atoms with E-state index in [1.54, 1.807) is 32.0 Å². The highest BCUT2D eigenvalue weighted by Gasteiger charge is 2.32. The Bertz CT molecular complexity index is 567. The number of rotatable bonds is 4. The number of amides is 1. The molecule has 1 amide bonds. The van der Waals surface area contributed by atoms with Crippen molar-refractivity contribution < 1.29 is 24.2 Å². The van der Waals surface area contributed by atoms with Gasteiger partial charge < -0.3 is 19.9 Å². The van der Waals surface area contributed by atoms with Crippen molar-refractivity contribution >= 4 is 11.9 Å². The lowest BCUT2D eigenvalue weighted by Gasteiger charge is -2.27. The van der Waals surface area contributed by atoms with Gasteiger partial charge in [-0.05, 0) is 38.5 Å². The van der Waals surface area contributed by atoms with E-state index >= 15 is 0 Å². The van der Waals surface area contributed by atoms with Gasteiger partial charge >= 0.3 is 5.97 Å². The molecular weight excluding hydrogens is 274 g/mol. The lowest BCUT2D eigenvalue weighted by Crippen LogP contribution is -2.47. The van der Waals surface area contributed by atoms with Gasteiger partial charge in [0.2, 0.25) is 5.91 Å². The van der Waals surface area contributed by atoms with Gasteiger partial charge in [0, 0.05) is 0 Å². The first kappa shape index (κ1) is 15.2. The second kappa shape index (κ2) is 5.63. The smallest absolute Gasteiger partial charge is 0.325 e. The molecule has 0 saturated heterocycles. The number of carboxylic acid groups (broad SMARTS) is 1. The number of nitrogens with one attached hydrogen (secondary N) is 1. The van der Waals surface area contributed by atoms with Gasteiger partial charge in [-0.15, -0.1) is 0 Å². The lowest BCUT2D eigenvalue weighted by molar-refractivity contribution is -0.142. The zero-order valence-electron chi connectivity index (χ0n) is 12.3. The summed E-state index contributed by atoms with van der Waals surface area (Å²) < 4.78 is 11.0. The molecule has 1 atom stereocenters. The van der Waals surface area contributed by atoms with E-state index in [1.807, 2.05) is 0 Å². The van der Waals surface area contributed by atoms with Crippen LogP contribution >= 0.6 is 0 Å². The third kappa shape index (κ3) is 3.09. The van der Waals surface area contributed by atoms with Gasteiger partial charge in [-0.25, -0.2) is 0 Å². The summed E-state index contributed by atoms with van der Waals surface area (Å²) in [5.74, 6) is -0.165. The maximum absolute atomic E-state index is 12.3. The lowest BCUT2D eigenvalue weighted by atomic mass is 9.83. The Hall–Kier alpha value is -2.24. The van der Waals surface area contributed by atoms with Crippen molar-refractivity contribution in [2.24, 2.45) is 0 Å². The van der Waals surface area contributed by atoms with Crippen LogP contribution in [-0.4, -0.2) is 36.2 Å². The van der Waals surface area contributed by atoms with Gasteiger partial charge in [-0.3, -0.25) is 9.59 Å². The minimum absolute atomic E-state index is 0.353. The van der Waals surface area contributed by atoms with Crippen LogP contribution in [0.15, 0.2) is 18.2 Å². The molecule has 21 heavy (non-hydrogen) atoms. The predicted molar refractivity (Wildman–Crippen MR) is 75.7 cm³/mol. The average Bonchev–Trinajstić information content (AvgIpc) is 2.46. The van der Waals surface area contributed by atoms with Crippen molar-refractivity contribution in [2.45, 2.75) is 32.2 Å². The largest absolute Gasteiger partial charge is 0.486 e. The summed E-state index contributed by atoms with van der Waals surface area (Å²) in [5, 5.41) is 11.4. The molecule has 1 aliphatic heterocycles. The fourth-order valence-electron chi connectivity index (χ4n) is 2.00. The molecule has 2 N–H and O–H groups in total. The van der Waals surface area contributed by atoms with Crippen molar-refractivity contribution in [3.8, 4) is 11.5 Å². The van der Waals surface area contributed by atoms with Gasteiger partial charge in [0.15, 0.2) is 11.5 Å². The first-order valence-electron chi connectivity index (χ1n) is 6.76.